The fourth-order valence-corrected chi connectivity index (χ4v) is 6.44. The Morgan fingerprint density at radius 3 is 2.38 bits per heavy atom. The number of anilines is 2. The zero-order valence-electron chi connectivity index (χ0n) is 17.3. The smallest absolute Gasteiger partial charge is 0.346 e. The molecule has 0 aliphatic carbocycles. The molecule has 0 bridgehead atoms. The summed E-state index contributed by atoms with van der Waals surface area (Å²) in [6, 6.07) is 15.4. The van der Waals surface area contributed by atoms with Gasteiger partial charge in [-0.1, -0.05) is 42.1 Å². The number of hydrogen-bond donors (Lipinski definition) is 0. The molecule has 2 aliphatic rings. The Balaban J connectivity index is 1.97. The molecule has 0 fully saturated rings. The summed E-state index contributed by atoms with van der Waals surface area (Å²) in [6.07, 6.45) is 0. The summed E-state index contributed by atoms with van der Waals surface area (Å²) in [4.78, 5) is 38.4. The average molecular weight is 471 g/mol. The number of ketones is 1. The van der Waals surface area contributed by atoms with Crippen molar-refractivity contribution in [2.45, 2.75) is 18.2 Å². The van der Waals surface area contributed by atoms with Crippen molar-refractivity contribution in [1.29, 1.82) is 0 Å². The first kappa shape index (κ1) is 21.9. The van der Waals surface area contributed by atoms with Gasteiger partial charge in [0.2, 0.25) is 4.33 Å². The second-order valence-corrected chi connectivity index (χ2v) is 9.45. The van der Waals surface area contributed by atoms with E-state index in [1.165, 1.54) is 25.1 Å². The molecule has 1 spiro atoms. The van der Waals surface area contributed by atoms with Crippen LogP contribution in [0.3, 0.4) is 0 Å². The van der Waals surface area contributed by atoms with E-state index in [4.69, 9.17) is 4.74 Å². The maximum atomic E-state index is 12.6. The molecule has 1 atom stereocenters. The number of carbonyl (C=O) groups is 2. The number of para-hydroxylation sites is 3. The van der Waals surface area contributed by atoms with Crippen LogP contribution in [0.4, 0.5) is 17.1 Å². The molecule has 164 valence electrons. The number of nitro benzene ring substituents is 1. The molecule has 0 saturated carbocycles. The summed E-state index contributed by atoms with van der Waals surface area (Å²) >= 11 is 2.27. The molecule has 0 aromatic heterocycles. The molecule has 0 amide bonds. The Labute approximate surface area is 192 Å². The first-order valence-corrected chi connectivity index (χ1v) is 11.1. The number of hydrazone groups is 1. The third kappa shape index (κ3) is 3.43. The Bertz CT molecular complexity index is 1180. The molecule has 4 rings (SSSR count). The molecule has 32 heavy (non-hydrogen) atoms. The largest absolute Gasteiger partial charge is 0.465 e. The van der Waals surface area contributed by atoms with Crippen LogP contribution in [0.15, 0.2) is 70.3 Å². The molecule has 0 unspecified atom stereocenters. The maximum Gasteiger partial charge on any atom is 0.346 e. The molecule has 2 aliphatic heterocycles. The van der Waals surface area contributed by atoms with Gasteiger partial charge in [-0.3, -0.25) is 14.9 Å². The molecular weight excluding hydrogens is 452 g/mol. The quantitative estimate of drug-likeness (QED) is 0.359. The van der Waals surface area contributed by atoms with Gasteiger partial charge in [0.1, 0.15) is 10.6 Å². The summed E-state index contributed by atoms with van der Waals surface area (Å²) in [5.74, 6) is -0.821. The zero-order valence-corrected chi connectivity index (χ0v) is 19.0. The van der Waals surface area contributed by atoms with Crippen LogP contribution in [0.2, 0.25) is 0 Å². The predicted molar refractivity (Wildman–Crippen MR) is 125 cm³/mol. The number of ether oxygens (including phenoxy) is 1. The number of nitrogens with zero attached hydrogens (tertiary/aromatic N) is 4. The van der Waals surface area contributed by atoms with Gasteiger partial charge in [-0.2, -0.15) is 5.10 Å². The van der Waals surface area contributed by atoms with E-state index in [1.807, 2.05) is 35.2 Å². The standard InChI is InChI=1S/C21H18N4O5S2/c1-13-18(20(27)30-3)31-21(23(13)15-9-5-4-6-10-15)24(22-19(32-21)14(2)26)16-11-7-8-12-17(16)25(28)29/h4-12H,1-3H3/t21-/m0/s1. The topological polar surface area (TPSA) is 105 Å². The van der Waals surface area contributed by atoms with Gasteiger partial charge in [-0.15, -0.1) is 0 Å². The second kappa shape index (κ2) is 8.32. The zero-order chi connectivity index (χ0) is 23.0. The van der Waals surface area contributed by atoms with Crippen LogP contribution >= 0.6 is 23.5 Å². The number of nitro groups is 1. The lowest BCUT2D eigenvalue weighted by atomic mass is 10.2. The first-order valence-electron chi connectivity index (χ1n) is 9.46. The van der Waals surface area contributed by atoms with Crippen molar-refractivity contribution in [2.75, 3.05) is 17.0 Å². The molecule has 2 heterocycles. The number of carbonyl (C=O) groups excluding carboxylic acids is 2. The Morgan fingerprint density at radius 2 is 1.75 bits per heavy atom. The molecule has 0 N–H and O–H groups in total. The van der Waals surface area contributed by atoms with E-state index >= 15 is 0 Å². The van der Waals surface area contributed by atoms with Crippen molar-refractivity contribution >= 4 is 57.4 Å². The van der Waals surface area contributed by atoms with Crippen LogP contribution in [0.1, 0.15) is 13.8 Å². The lowest BCUT2D eigenvalue weighted by Gasteiger charge is -2.41. The third-order valence-electron chi connectivity index (χ3n) is 4.86. The van der Waals surface area contributed by atoms with Crippen LogP contribution in [0.25, 0.3) is 0 Å². The van der Waals surface area contributed by atoms with Crippen LogP contribution in [-0.4, -0.2) is 33.2 Å². The molecule has 11 heteroatoms. The summed E-state index contributed by atoms with van der Waals surface area (Å²) in [5, 5.41) is 17.9. The van der Waals surface area contributed by atoms with Crippen molar-refractivity contribution in [3.05, 3.63) is 75.3 Å². The minimum atomic E-state index is -1.22. The van der Waals surface area contributed by atoms with Gasteiger partial charge in [-0.25, -0.2) is 9.80 Å². The van der Waals surface area contributed by atoms with E-state index in [-0.39, 0.29) is 22.2 Å². The summed E-state index contributed by atoms with van der Waals surface area (Å²) in [7, 11) is 1.29. The van der Waals surface area contributed by atoms with Crippen molar-refractivity contribution in [1.82, 2.24) is 0 Å². The number of allylic oxidation sites excluding steroid dienone is 1. The molecular formula is C21H18N4O5S2. The minimum Gasteiger partial charge on any atom is -0.465 e. The van der Waals surface area contributed by atoms with E-state index in [2.05, 4.69) is 5.10 Å². The van der Waals surface area contributed by atoms with Gasteiger partial charge >= 0.3 is 5.97 Å². The first-order chi connectivity index (χ1) is 15.3. The molecule has 0 saturated heterocycles. The number of thioether (sulfide) groups is 2. The lowest BCUT2D eigenvalue weighted by Crippen LogP contribution is -2.49. The monoisotopic (exact) mass is 470 g/mol. The number of hydrogen-bond acceptors (Lipinski definition) is 10. The van der Waals surface area contributed by atoms with Crippen molar-refractivity contribution in [2.24, 2.45) is 5.10 Å². The molecule has 2 aromatic rings. The minimum absolute atomic E-state index is 0.168. The van der Waals surface area contributed by atoms with Crippen LogP contribution in [0.5, 0.6) is 0 Å². The number of benzene rings is 2. The number of methoxy groups -OCH3 is 1. The van der Waals surface area contributed by atoms with Gasteiger partial charge in [0.15, 0.2) is 10.8 Å². The number of rotatable bonds is 5. The Hall–Kier alpha value is -3.31. The lowest BCUT2D eigenvalue weighted by molar-refractivity contribution is -0.384. The highest BCUT2D eigenvalue weighted by molar-refractivity contribution is 8.29. The van der Waals surface area contributed by atoms with Gasteiger partial charge in [0.05, 0.1) is 12.0 Å². The Morgan fingerprint density at radius 1 is 1.09 bits per heavy atom. The van der Waals surface area contributed by atoms with E-state index < -0.39 is 15.2 Å². The van der Waals surface area contributed by atoms with Crippen LogP contribution in [0, 0.1) is 10.1 Å². The summed E-state index contributed by atoms with van der Waals surface area (Å²) in [5.41, 5.74) is 1.35. The van der Waals surface area contributed by atoms with Crippen molar-refractivity contribution < 1.29 is 19.2 Å². The molecule has 9 nitrogen and oxygen atoms in total. The third-order valence-corrected chi connectivity index (χ3v) is 7.83. The fraction of sp³-hybridized carbons (Fsp3) is 0.190. The van der Waals surface area contributed by atoms with E-state index in [0.717, 1.165) is 29.2 Å². The number of Topliss-reactive ketones (excluding diaryl/α,β-unsaturated/α-hetero) is 1. The number of esters is 1. The average Bonchev–Trinajstić information content (AvgIpc) is 3.31. The van der Waals surface area contributed by atoms with Gasteiger partial charge in [-0.05, 0) is 36.9 Å². The van der Waals surface area contributed by atoms with Gasteiger partial charge in [0.25, 0.3) is 5.69 Å². The van der Waals surface area contributed by atoms with Crippen molar-refractivity contribution in [3.8, 4) is 0 Å². The highest BCUT2D eigenvalue weighted by Crippen LogP contribution is 2.60. The molecule has 2 aromatic carbocycles. The Kier molecular flexibility index (Phi) is 5.70. The van der Waals surface area contributed by atoms with Crippen LogP contribution in [-0.2, 0) is 14.3 Å². The predicted octanol–water partition coefficient (Wildman–Crippen LogP) is 4.32. The van der Waals surface area contributed by atoms with Crippen LogP contribution < -0.4 is 9.91 Å². The van der Waals surface area contributed by atoms with Crippen molar-refractivity contribution in [3.63, 3.8) is 0 Å². The normalized spacial score (nSPS) is 20.0. The fourth-order valence-electron chi connectivity index (χ4n) is 3.48. The van der Waals surface area contributed by atoms with Gasteiger partial charge in [0, 0.05) is 24.4 Å². The highest BCUT2D eigenvalue weighted by Gasteiger charge is 2.58. The summed E-state index contributed by atoms with van der Waals surface area (Å²) in [6.45, 7) is 3.15. The van der Waals surface area contributed by atoms with E-state index in [9.17, 15) is 19.7 Å². The summed E-state index contributed by atoms with van der Waals surface area (Å²) < 4.78 is 3.76. The molecule has 0 radical (unpaired) electrons. The van der Waals surface area contributed by atoms with Gasteiger partial charge < -0.3 is 9.64 Å². The van der Waals surface area contributed by atoms with E-state index in [0.29, 0.717) is 10.6 Å². The highest BCUT2D eigenvalue weighted by atomic mass is 32.2. The van der Waals surface area contributed by atoms with E-state index in [1.54, 1.807) is 25.1 Å². The maximum absolute atomic E-state index is 12.6. The SMILES string of the molecule is COC(=O)C1=C(C)N(c2ccccc2)[C@@]2(SC(C(C)=O)=NN2c2ccccc2[N+](=O)[O-])S1. The second-order valence-electron chi connectivity index (χ2n) is 6.85.